The van der Waals surface area contributed by atoms with E-state index in [1.165, 1.54) is 24.3 Å². The molecule has 2 N–H and O–H groups in total. The van der Waals surface area contributed by atoms with Gasteiger partial charge in [-0.15, -0.1) is 0 Å². The number of carbonyl (C=O) groups excluding carboxylic acids is 2. The summed E-state index contributed by atoms with van der Waals surface area (Å²) in [6, 6.07) is 22.6. The van der Waals surface area contributed by atoms with Crippen LogP contribution in [0.4, 0.5) is 10.1 Å². The van der Waals surface area contributed by atoms with Crippen molar-refractivity contribution >= 4 is 17.4 Å². The summed E-state index contributed by atoms with van der Waals surface area (Å²) in [7, 11) is 0. The summed E-state index contributed by atoms with van der Waals surface area (Å²) in [4.78, 5) is 26.7. The molecule has 5 nitrogen and oxygen atoms in total. The van der Waals surface area contributed by atoms with Crippen LogP contribution in [0, 0.1) is 5.82 Å². The van der Waals surface area contributed by atoms with Gasteiger partial charge in [0, 0.05) is 40.6 Å². The van der Waals surface area contributed by atoms with Crippen LogP contribution in [0.3, 0.4) is 0 Å². The highest BCUT2D eigenvalue weighted by atomic mass is 19.1. The molecule has 176 valence electrons. The molecular formula is C29H25FN2O3. The molecule has 1 aliphatic carbocycles. The zero-order valence-corrected chi connectivity index (χ0v) is 19.3. The fourth-order valence-corrected chi connectivity index (χ4v) is 4.73. The molecule has 0 spiro atoms. The van der Waals surface area contributed by atoms with Crippen LogP contribution in [0.25, 0.3) is 0 Å². The highest BCUT2D eigenvalue weighted by Crippen LogP contribution is 2.43. The van der Waals surface area contributed by atoms with Crippen LogP contribution >= 0.6 is 0 Å². The van der Waals surface area contributed by atoms with E-state index in [0.29, 0.717) is 40.5 Å². The number of amides is 1. The van der Waals surface area contributed by atoms with Crippen LogP contribution in [0.15, 0.2) is 101 Å². The van der Waals surface area contributed by atoms with Crippen LogP contribution in [-0.4, -0.2) is 11.7 Å². The number of hydrogen-bond donors (Lipinski definition) is 2. The third-order valence-electron chi connectivity index (χ3n) is 6.29. The van der Waals surface area contributed by atoms with Crippen molar-refractivity contribution in [3.05, 3.63) is 113 Å². The molecule has 5 rings (SSSR count). The standard InChI is InChI=1S/C29H25FN2O3/c1-18-26(29(34)32-21-15-13-20(30)14-16-21)27(28-24(31-18)11-6-12-25(28)33)19-7-5-10-23(17-19)35-22-8-3-2-4-9-22/h2-5,7-10,13-17,27,31H,6,11-12H2,1H3,(H,32,34)/t27-/m0/s1. The van der Waals surface area contributed by atoms with Gasteiger partial charge in [-0.05, 0) is 73.9 Å². The van der Waals surface area contributed by atoms with E-state index < -0.39 is 5.92 Å². The summed E-state index contributed by atoms with van der Waals surface area (Å²) in [6.07, 6.45) is 1.98. The Balaban J connectivity index is 1.55. The number of halogens is 1. The molecule has 1 atom stereocenters. The molecule has 1 heterocycles. The average molecular weight is 469 g/mol. The normalized spacial score (nSPS) is 17.5. The van der Waals surface area contributed by atoms with Gasteiger partial charge in [0.05, 0.1) is 0 Å². The molecule has 3 aromatic carbocycles. The number of dihydropyridines is 1. The van der Waals surface area contributed by atoms with Crippen molar-refractivity contribution < 1.29 is 18.7 Å². The van der Waals surface area contributed by atoms with E-state index in [2.05, 4.69) is 10.6 Å². The summed E-state index contributed by atoms with van der Waals surface area (Å²) >= 11 is 0. The number of benzene rings is 3. The maximum Gasteiger partial charge on any atom is 0.254 e. The molecule has 0 radical (unpaired) electrons. The molecule has 35 heavy (non-hydrogen) atoms. The smallest absolute Gasteiger partial charge is 0.254 e. The lowest BCUT2D eigenvalue weighted by Crippen LogP contribution is -2.35. The van der Waals surface area contributed by atoms with Crippen molar-refractivity contribution in [2.45, 2.75) is 32.1 Å². The Hall–Kier alpha value is -4.19. The second kappa shape index (κ2) is 9.58. The van der Waals surface area contributed by atoms with Crippen molar-refractivity contribution in [3.8, 4) is 11.5 Å². The first kappa shape index (κ1) is 22.6. The van der Waals surface area contributed by atoms with Crippen LogP contribution in [0.2, 0.25) is 0 Å². The van der Waals surface area contributed by atoms with Gasteiger partial charge in [-0.25, -0.2) is 4.39 Å². The Labute approximate surface area is 203 Å². The molecule has 1 amide bonds. The zero-order valence-electron chi connectivity index (χ0n) is 19.3. The minimum Gasteiger partial charge on any atom is -0.457 e. The molecule has 0 saturated heterocycles. The first-order valence-corrected chi connectivity index (χ1v) is 11.6. The molecule has 0 fully saturated rings. The van der Waals surface area contributed by atoms with Gasteiger partial charge in [-0.2, -0.15) is 0 Å². The number of rotatable bonds is 5. The van der Waals surface area contributed by atoms with Gasteiger partial charge in [0.15, 0.2) is 5.78 Å². The zero-order chi connectivity index (χ0) is 24.4. The molecular weight excluding hydrogens is 443 g/mol. The number of hydrogen-bond acceptors (Lipinski definition) is 4. The first-order valence-electron chi connectivity index (χ1n) is 11.6. The summed E-state index contributed by atoms with van der Waals surface area (Å²) in [5, 5.41) is 6.18. The summed E-state index contributed by atoms with van der Waals surface area (Å²) in [5.41, 5.74) is 3.93. The minimum atomic E-state index is -0.543. The number of ketones is 1. The molecule has 0 saturated carbocycles. The monoisotopic (exact) mass is 468 g/mol. The molecule has 6 heteroatoms. The van der Waals surface area contributed by atoms with Gasteiger partial charge in [0.2, 0.25) is 0 Å². The third kappa shape index (κ3) is 4.73. The van der Waals surface area contributed by atoms with Crippen LogP contribution in [-0.2, 0) is 9.59 Å². The van der Waals surface area contributed by atoms with Gasteiger partial charge < -0.3 is 15.4 Å². The van der Waals surface area contributed by atoms with E-state index in [1.807, 2.05) is 61.5 Å². The second-order valence-corrected chi connectivity index (χ2v) is 8.71. The lowest BCUT2D eigenvalue weighted by Gasteiger charge is -2.34. The lowest BCUT2D eigenvalue weighted by atomic mass is 9.75. The van der Waals surface area contributed by atoms with E-state index >= 15 is 0 Å². The Morgan fingerprint density at radius 1 is 0.971 bits per heavy atom. The number of para-hydroxylation sites is 1. The number of ether oxygens (including phenoxy) is 1. The molecule has 1 aliphatic heterocycles. The van der Waals surface area contributed by atoms with Crippen molar-refractivity contribution in [1.82, 2.24) is 5.32 Å². The first-order chi connectivity index (χ1) is 17.0. The molecule has 2 aliphatic rings. The second-order valence-electron chi connectivity index (χ2n) is 8.71. The topological polar surface area (TPSA) is 67.4 Å². The van der Waals surface area contributed by atoms with Crippen LogP contribution in [0.1, 0.15) is 37.7 Å². The molecule has 3 aromatic rings. The largest absolute Gasteiger partial charge is 0.457 e. The van der Waals surface area contributed by atoms with Crippen molar-refractivity contribution in [2.75, 3.05) is 5.32 Å². The number of carbonyl (C=O) groups is 2. The van der Waals surface area contributed by atoms with Gasteiger partial charge in [-0.1, -0.05) is 30.3 Å². The fourth-order valence-electron chi connectivity index (χ4n) is 4.73. The maximum absolute atomic E-state index is 13.5. The SMILES string of the molecule is CC1=C(C(=O)Nc2ccc(F)cc2)[C@H](c2cccc(Oc3ccccc3)c2)C2=C(CCCC2=O)N1. The number of anilines is 1. The summed E-state index contributed by atoms with van der Waals surface area (Å²) < 4.78 is 19.4. The number of Topliss-reactive ketones (excluding diaryl/α,β-unsaturated/α-hetero) is 1. The van der Waals surface area contributed by atoms with Gasteiger partial charge >= 0.3 is 0 Å². The van der Waals surface area contributed by atoms with Crippen molar-refractivity contribution in [2.24, 2.45) is 0 Å². The van der Waals surface area contributed by atoms with Crippen molar-refractivity contribution in [1.29, 1.82) is 0 Å². The quantitative estimate of drug-likeness (QED) is 0.466. The van der Waals surface area contributed by atoms with Gasteiger partial charge in [0.25, 0.3) is 5.91 Å². The highest BCUT2D eigenvalue weighted by molar-refractivity contribution is 6.09. The van der Waals surface area contributed by atoms with E-state index in [-0.39, 0.29) is 17.5 Å². The average Bonchev–Trinajstić information content (AvgIpc) is 2.85. The number of allylic oxidation sites excluding steroid dienone is 3. The Morgan fingerprint density at radius 2 is 1.71 bits per heavy atom. The molecule has 0 aromatic heterocycles. The minimum absolute atomic E-state index is 0.0395. The Bertz CT molecular complexity index is 1340. The summed E-state index contributed by atoms with van der Waals surface area (Å²) in [6.45, 7) is 1.85. The predicted molar refractivity (Wildman–Crippen MR) is 132 cm³/mol. The van der Waals surface area contributed by atoms with Crippen LogP contribution < -0.4 is 15.4 Å². The number of nitrogens with one attached hydrogen (secondary N) is 2. The van der Waals surface area contributed by atoms with E-state index in [0.717, 1.165) is 24.1 Å². The highest BCUT2D eigenvalue weighted by Gasteiger charge is 2.38. The van der Waals surface area contributed by atoms with E-state index in [9.17, 15) is 14.0 Å². The lowest BCUT2D eigenvalue weighted by molar-refractivity contribution is -0.116. The van der Waals surface area contributed by atoms with Crippen LogP contribution in [0.5, 0.6) is 11.5 Å². The Kier molecular flexibility index (Phi) is 6.19. The third-order valence-corrected chi connectivity index (χ3v) is 6.29. The molecule has 0 bridgehead atoms. The summed E-state index contributed by atoms with van der Waals surface area (Å²) in [5.74, 6) is 0.0917. The van der Waals surface area contributed by atoms with Crippen molar-refractivity contribution in [3.63, 3.8) is 0 Å². The van der Waals surface area contributed by atoms with E-state index in [1.54, 1.807) is 0 Å². The predicted octanol–water partition coefficient (Wildman–Crippen LogP) is 6.22. The molecule has 0 unspecified atom stereocenters. The van der Waals surface area contributed by atoms with E-state index in [4.69, 9.17) is 4.74 Å². The van der Waals surface area contributed by atoms with Gasteiger partial charge in [0.1, 0.15) is 17.3 Å². The van der Waals surface area contributed by atoms with Gasteiger partial charge in [-0.3, -0.25) is 9.59 Å². The Morgan fingerprint density at radius 3 is 2.49 bits per heavy atom. The fraction of sp³-hybridized carbons (Fsp3) is 0.172. The maximum atomic E-state index is 13.5.